The van der Waals surface area contributed by atoms with Crippen molar-refractivity contribution < 1.29 is 18.3 Å². The third-order valence-electron chi connectivity index (χ3n) is 7.09. The summed E-state index contributed by atoms with van der Waals surface area (Å²) in [6.07, 6.45) is 3.14. The number of fused-ring (bicyclic) bond motifs is 1. The van der Waals surface area contributed by atoms with Gasteiger partial charge in [0.05, 0.1) is 11.4 Å². The van der Waals surface area contributed by atoms with Crippen LogP contribution in [0.4, 0.5) is 4.39 Å². The lowest BCUT2D eigenvalue weighted by molar-refractivity contribution is 0.0719. The van der Waals surface area contributed by atoms with E-state index in [4.69, 9.17) is 14.9 Å². The first-order valence-electron chi connectivity index (χ1n) is 12.5. The van der Waals surface area contributed by atoms with Crippen molar-refractivity contribution in [3.05, 3.63) is 77.7 Å². The maximum atomic E-state index is 13.5. The molecule has 1 saturated heterocycles. The molecular weight excluding hydrogens is 487 g/mol. The fourth-order valence-electron chi connectivity index (χ4n) is 4.90. The Morgan fingerprint density at radius 3 is 2.45 bits per heavy atom. The van der Waals surface area contributed by atoms with Crippen molar-refractivity contribution >= 4 is 5.91 Å². The van der Waals surface area contributed by atoms with Crippen LogP contribution >= 0.6 is 0 Å². The second kappa shape index (κ2) is 8.98. The molecule has 4 heterocycles. The summed E-state index contributed by atoms with van der Waals surface area (Å²) in [6, 6.07) is 11.6. The molecule has 4 aromatic rings. The van der Waals surface area contributed by atoms with Crippen LogP contribution in [-0.4, -0.2) is 49.9 Å². The summed E-state index contributed by atoms with van der Waals surface area (Å²) in [5, 5.41) is 0. The van der Waals surface area contributed by atoms with Gasteiger partial charge < -0.3 is 19.8 Å². The van der Waals surface area contributed by atoms with Gasteiger partial charge in [0.15, 0.2) is 0 Å². The van der Waals surface area contributed by atoms with Crippen LogP contribution in [0.2, 0.25) is 0 Å². The molecule has 2 fully saturated rings. The standard InChI is InChI=1S/C28H27FN6O3/c1-15-23(38-26(33-15)25-31-9-4-10-32-25)27(36)35-13-19-20(14-35)24(19)37-22-12-17(28(2,3)30)11-21(34-22)16-5-7-18(29)8-6-16/h4-12,19-20,24H,13-14,30H2,1-3H3/t19-,20+,24?. The molecule has 3 atom stereocenters. The van der Waals surface area contributed by atoms with Crippen LogP contribution in [0.25, 0.3) is 23.0 Å². The number of halogens is 1. The number of rotatable bonds is 6. The minimum absolute atomic E-state index is 0.0483. The molecule has 10 heteroatoms. The highest BCUT2D eigenvalue weighted by Gasteiger charge is 2.59. The quantitative estimate of drug-likeness (QED) is 0.410. The molecule has 2 N–H and O–H groups in total. The molecule has 0 spiro atoms. The van der Waals surface area contributed by atoms with Gasteiger partial charge in [0.1, 0.15) is 11.9 Å². The van der Waals surface area contributed by atoms with Crippen molar-refractivity contribution in [2.45, 2.75) is 32.4 Å². The number of aromatic nitrogens is 4. The topological polar surface area (TPSA) is 120 Å². The van der Waals surface area contributed by atoms with Crippen LogP contribution < -0.4 is 10.5 Å². The lowest BCUT2D eigenvalue weighted by Gasteiger charge is -2.22. The molecule has 0 bridgehead atoms. The van der Waals surface area contributed by atoms with E-state index < -0.39 is 5.54 Å². The molecule has 6 rings (SSSR count). The molecule has 1 aromatic carbocycles. The van der Waals surface area contributed by atoms with Crippen molar-refractivity contribution in [1.29, 1.82) is 0 Å². The molecule has 2 aliphatic rings. The fraction of sp³-hybridized carbons (Fsp3) is 0.321. The fourth-order valence-corrected chi connectivity index (χ4v) is 4.90. The summed E-state index contributed by atoms with van der Waals surface area (Å²) in [5.41, 5.74) is 8.58. The Balaban J connectivity index is 1.16. The van der Waals surface area contributed by atoms with E-state index in [-0.39, 0.29) is 41.3 Å². The average molecular weight is 515 g/mol. The van der Waals surface area contributed by atoms with Gasteiger partial charge in [-0.1, -0.05) is 0 Å². The van der Waals surface area contributed by atoms with Gasteiger partial charge in [-0.15, -0.1) is 0 Å². The highest BCUT2D eigenvalue weighted by molar-refractivity contribution is 5.93. The van der Waals surface area contributed by atoms with Crippen molar-refractivity contribution in [2.75, 3.05) is 13.1 Å². The molecule has 0 radical (unpaired) electrons. The van der Waals surface area contributed by atoms with Crippen LogP contribution in [0.5, 0.6) is 5.88 Å². The number of piperidine rings is 1. The number of hydrogen-bond donors (Lipinski definition) is 1. The molecule has 9 nitrogen and oxygen atoms in total. The third kappa shape index (κ3) is 4.51. The van der Waals surface area contributed by atoms with Gasteiger partial charge in [0.2, 0.25) is 17.5 Å². The van der Waals surface area contributed by atoms with Crippen molar-refractivity contribution in [3.8, 4) is 28.9 Å². The van der Waals surface area contributed by atoms with E-state index in [0.29, 0.717) is 36.2 Å². The minimum Gasteiger partial charge on any atom is -0.474 e. The van der Waals surface area contributed by atoms with E-state index in [0.717, 1.165) is 11.1 Å². The van der Waals surface area contributed by atoms with Gasteiger partial charge in [0.25, 0.3) is 11.8 Å². The average Bonchev–Trinajstić information content (AvgIpc) is 3.22. The Labute approximate surface area is 218 Å². The Morgan fingerprint density at radius 1 is 1.11 bits per heavy atom. The molecule has 1 saturated carbocycles. The van der Waals surface area contributed by atoms with Gasteiger partial charge in [0, 0.05) is 54.5 Å². The highest BCUT2D eigenvalue weighted by atomic mass is 19.1. The molecule has 1 amide bonds. The second-order valence-corrected chi connectivity index (χ2v) is 10.4. The van der Waals surface area contributed by atoms with E-state index in [1.54, 1.807) is 42.4 Å². The number of pyridine rings is 1. The summed E-state index contributed by atoms with van der Waals surface area (Å²) >= 11 is 0. The SMILES string of the molecule is Cc1nc(-c2ncccn2)oc1C(=O)N1C[C@@H]2C(Oc3cc(C(C)(C)N)cc(-c4ccc(F)cc4)n3)[C@@H]2C1. The smallest absolute Gasteiger partial charge is 0.291 e. The van der Waals surface area contributed by atoms with Crippen molar-refractivity contribution in [3.63, 3.8) is 0 Å². The Hall–Kier alpha value is -4.18. The van der Waals surface area contributed by atoms with Crippen LogP contribution in [-0.2, 0) is 5.54 Å². The van der Waals surface area contributed by atoms with E-state index in [1.807, 2.05) is 26.0 Å². The molecule has 38 heavy (non-hydrogen) atoms. The third-order valence-corrected chi connectivity index (χ3v) is 7.09. The number of carbonyl (C=O) groups excluding carboxylic acids is 1. The number of carbonyl (C=O) groups is 1. The predicted molar refractivity (Wildman–Crippen MR) is 136 cm³/mol. The number of benzene rings is 1. The predicted octanol–water partition coefficient (Wildman–Crippen LogP) is 3.98. The number of hydrogen-bond acceptors (Lipinski definition) is 8. The van der Waals surface area contributed by atoms with Gasteiger partial charge in [-0.2, -0.15) is 0 Å². The number of oxazole rings is 1. The Morgan fingerprint density at radius 2 is 1.79 bits per heavy atom. The summed E-state index contributed by atoms with van der Waals surface area (Å²) in [6.45, 7) is 6.67. The first-order valence-corrected chi connectivity index (χ1v) is 12.5. The number of amides is 1. The van der Waals surface area contributed by atoms with E-state index in [9.17, 15) is 9.18 Å². The maximum Gasteiger partial charge on any atom is 0.291 e. The molecular formula is C28H27FN6O3. The van der Waals surface area contributed by atoms with Gasteiger partial charge in [-0.05, 0) is 62.7 Å². The first kappa shape index (κ1) is 24.2. The number of aryl methyl sites for hydroxylation is 1. The molecule has 3 aromatic heterocycles. The maximum absolute atomic E-state index is 13.5. The van der Waals surface area contributed by atoms with Crippen molar-refractivity contribution in [1.82, 2.24) is 24.8 Å². The molecule has 1 aliphatic heterocycles. The summed E-state index contributed by atoms with van der Waals surface area (Å²) in [4.78, 5) is 32.3. The van der Waals surface area contributed by atoms with Crippen LogP contribution in [0, 0.1) is 24.6 Å². The minimum atomic E-state index is -0.614. The van der Waals surface area contributed by atoms with Crippen molar-refractivity contribution in [2.24, 2.45) is 17.6 Å². The van der Waals surface area contributed by atoms with Crippen LogP contribution in [0.3, 0.4) is 0 Å². The monoisotopic (exact) mass is 514 g/mol. The number of ether oxygens (including phenoxy) is 1. The van der Waals surface area contributed by atoms with Crippen LogP contribution in [0.15, 0.2) is 59.3 Å². The van der Waals surface area contributed by atoms with E-state index in [1.165, 1.54) is 12.1 Å². The van der Waals surface area contributed by atoms with Crippen LogP contribution in [0.1, 0.15) is 35.7 Å². The van der Waals surface area contributed by atoms with E-state index in [2.05, 4.69) is 19.9 Å². The number of nitrogens with two attached hydrogens (primary N) is 1. The highest BCUT2D eigenvalue weighted by Crippen LogP contribution is 2.48. The molecule has 1 aliphatic carbocycles. The summed E-state index contributed by atoms with van der Waals surface area (Å²) in [7, 11) is 0. The molecule has 194 valence electrons. The largest absolute Gasteiger partial charge is 0.474 e. The summed E-state index contributed by atoms with van der Waals surface area (Å²) < 4.78 is 25.5. The normalized spacial score (nSPS) is 20.3. The Kier molecular flexibility index (Phi) is 5.71. The zero-order valence-corrected chi connectivity index (χ0v) is 21.3. The molecule has 1 unspecified atom stereocenters. The zero-order valence-electron chi connectivity index (χ0n) is 21.3. The number of nitrogens with zero attached hydrogens (tertiary/aromatic N) is 5. The van der Waals surface area contributed by atoms with Gasteiger partial charge in [-0.3, -0.25) is 4.79 Å². The first-order chi connectivity index (χ1) is 18.2. The van der Waals surface area contributed by atoms with Gasteiger partial charge >= 0.3 is 0 Å². The Bertz CT molecular complexity index is 1490. The second-order valence-electron chi connectivity index (χ2n) is 10.4. The summed E-state index contributed by atoms with van der Waals surface area (Å²) in [5.74, 6) is 1.12. The number of likely N-dealkylation sites (tertiary alicyclic amines) is 1. The zero-order chi connectivity index (χ0) is 26.6. The van der Waals surface area contributed by atoms with E-state index >= 15 is 0 Å². The lowest BCUT2D eigenvalue weighted by atomic mass is 9.95. The van der Waals surface area contributed by atoms with Gasteiger partial charge in [-0.25, -0.2) is 24.3 Å². The lowest BCUT2D eigenvalue weighted by Crippen LogP contribution is -2.33.